The van der Waals surface area contributed by atoms with E-state index in [1.54, 1.807) is 12.3 Å². The van der Waals surface area contributed by atoms with Crippen molar-refractivity contribution < 1.29 is 4.74 Å². The number of anilines is 2. The first kappa shape index (κ1) is 14.3. The van der Waals surface area contributed by atoms with E-state index in [1.807, 2.05) is 36.2 Å². The number of hydrogen-bond donors (Lipinski definition) is 1. The van der Waals surface area contributed by atoms with Gasteiger partial charge in [-0.3, -0.25) is 0 Å². The Balaban J connectivity index is 2.21. The van der Waals surface area contributed by atoms with Gasteiger partial charge in [-0.2, -0.15) is 4.98 Å². The number of aromatic nitrogens is 2. The Kier molecular flexibility index (Phi) is 4.90. The molecule has 5 nitrogen and oxygen atoms in total. The second-order valence-electron chi connectivity index (χ2n) is 4.48. The Morgan fingerprint density at radius 2 is 2.15 bits per heavy atom. The second kappa shape index (κ2) is 6.86. The van der Waals surface area contributed by atoms with Gasteiger partial charge in [0.2, 0.25) is 11.8 Å². The molecule has 20 heavy (non-hydrogen) atoms. The topological polar surface area (TPSA) is 64.3 Å². The third kappa shape index (κ3) is 3.45. The average Bonchev–Trinajstić information content (AvgIpc) is 2.52. The summed E-state index contributed by atoms with van der Waals surface area (Å²) >= 11 is 0. The molecule has 0 aliphatic heterocycles. The van der Waals surface area contributed by atoms with Crippen LogP contribution in [0.4, 0.5) is 11.6 Å². The van der Waals surface area contributed by atoms with Crippen molar-refractivity contribution >= 4 is 11.6 Å². The zero-order valence-corrected chi connectivity index (χ0v) is 11.9. The van der Waals surface area contributed by atoms with E-state index >= 15 is 0 Å². The minimum atomic E-state index is 0.516. The van der Waals surface area contributed by atoms with E-state index in [0.717, 1.165) is 17.7 Å². The molecule has 1 aromatic carbocycles. The van der Waals surface area contributed by atoms with Crippen LogP contribution < -0.4 is 15.4 Å². The molecule has 0 saturated carbocycles. The van der Waals surface area contributed by atoms with E-state index < -0.39 is 0 Å². The maximum Gasteiger partial charge on any atom is 0.232 e. The summed E-state index contributed by atoms with van der Waals surface area (Å²) in [6.45, 7) is 3.23. The Bertz CT molecular complexity index is 559. The lowest BCUT2D eigenvalue weighted by molar-refractivity contribution is 0.305. The fourth-order valence-electron chi connectivity index (χ4n) is 1.79. The third-order valence-corrected chi connectivity index (χ3v) is 2.90. The SMILES string of the molecule is CCCOc1ccnc(N(C)c2cccc(CN)c2)n1. The molecule has 0 amide bonds. The van der Waals surface area contributed by atoms with E-state index in [-0.39, 0.29) is 0 Å². The Morgan fingerprint density at radius 1 is 1.30 bits per heavy atom. The first-order valence-electron chi connectivity index (χ1n) is 6.73. The monoisotopic (exact) mass is 272 g/mol. The summed E-state index contributed by atoms with van der Waals surface area (Å²) in [4.78, 5) is 10.6. The molecule has 2 N–H and O–H groups in total. The van der Waals surface area contributed by atoms with Gasteiger partial charge in [0.15, 0.2) is 0 Å². The van der Waals surface area contributed by atoms with Crippen LogP contribution in [0.2, 0.25) is 0 Å². The van der Waals surface area contributed by atoms with Crippen molar-refractivity contribution in [3.63, 3.8) is 0 Å². The van der Waals surface area contributed by atoms with Crippen molar-refractivity contribution in [3.05, 3.63) is 42.1 Å². The van der Waals surface area contributed by atoms with Crippen LogP contribution in [0, 0.1) is 0 Å². The molecular weight excluding hydrogens is 252 g/mol. The van der Waals surface area contributed by atoms with E-state index in [4.69, 9.17) is 10.5 Å². The van der Waals surface area contributed by atoms with Crippen LogP contribution in [0.5, 0.6) is 5.88 Å². The van der Waals surface area contributed by atoms with Gasteiger partial charge in [-0.05, 0) is 24.1 Å². The van der Waals surface area contributed by atoms with Crippen LogP contribution in [-0.2, 0) is 6.54 Å². The highest BCUT2D eigenvalue weighted by molar-refractivity contribution is 5.57. The van der Waals surface area contributed by atoms with E-state index in [9.17, 15) is 0 Å². The van der Waals surface area contributed by atoms with Crippen molar-refractivity contribution in [3.8, 4) is 5.88 Å². The lowest BCUT2D eigenvalue weighted by Crippen LogP contribution is -2.14. The largest absolute Gasteiger partial charge is 0.478 e. The van der Waals surface area contributed by atoms with Gasteiger partial charge in [0.25, 0.3) is 0 Å². The van der Waals surface area contributed by atoms with Crippen molar-refractivity contribution in [1.29, 1.82) is 0 Å². The molecule has 0 atom stereocenters. The van der Waals surface area contributed by atoms with Gasteiger partial charge in [0.05, 0.1) is 6.61 Å². The van der Waals surface area contributed by atoms with Crippen molar-refractivity contribution in [2.45, 2.75) is 19.9 Å². The Morgan fingerprint density at radius 3 is 2.90 bits per heavy atom. The number of rotatable bonds is 6. The first-order valence-corrected chi connectivity index (χ1v) is 6.73. The molecule has 0 aliphatic carbocycles. The predicted molar refractivity (Wildman–Crippen MR) is 80.2 cm³/mol. The van der Waals surface area contributed by atoms with Crippen molar-refractivity contribution in [2.24, 2.45) is 5.73 Å². The molecule has 1 aromatic heterocycles. The standard InChI is InChI=1S/C15H20N4O/c1-3-9-20-14-7-8-17-15(18-14)19(2)13-6-4-5-12(10-13)11-16/h4-8,10H,3,9,11,16H2,1-2H3. The Hall–Kier alpha value is -2.14. The smallest absolute Gasteiger partial charge is 0.232 e. The summed E-state index contributed by atoms with van der Waals surface area (Å²) in [6.07, 6.45) is 2.66. The minimum absolute atomic E-state index is 0.516. The average molecular weight is 272 g/mol. The summed E-state index contributed by atoms with van der Waals surface area (Å²) in [7, 11) is 1.93. The highest BCUT2D eigenvalue weighted by Gasteiger charge is 2.08. The van der Waals surface area contributed by atoms with Gasteiger partial charge in [0.1, 0.15) is 0 Å². The van der Waals surface area contributed by atoms with Crippen LogP contribution >= 0.6 is 0 Å². The summed E-state index contributed by atoms with van der Waals surface area (Å²) in [6, 6.07) is 9.78. The van der Waals surface area contributed by atoms with Gasteiger partial charge < -0.3 is 15.4 Å². The minimum Gasteiger partial charge on any atom is -0.478 e. The summed E-state index contributed by atoms with van der Waals surface area (Å²) in [5.41, 5.74) is 7.74. The summed E-state index contributed by atoms with van der Waals surface area (Å²) in [5.74, 6) is 1.20. The molecule has 5 heteroatoms. The molecule has 0 bridgehead atoms. The predicted octanol–water partition coefficient (Wildman–Crippen LogP) is 2.49. The van der Waals surface area contributed by atoms with Gasteiger partial charge >= 0.3 is 0 Å². The van der Waals surface area contributed by atoms with E-state index in [2.05, 4.69) is 16.9 Å². The van der Waals surface area contributed by atoms with Crippen molar-refractivity contribution in [2.75, 3.05) is 18.6 Å². The molecule has 0 unspecified atom stereocenters. The molecule has 106 valence electrons. The van der Waals surface area contributed by atoms with Crippen LogP contribution in [0.15, 0.2) is 36.5 Å². The lowest BCUT2D eigenvalue weighted by atomic mass is 10.2. The molecule has 0 fully saturated rings. The maximum atomic E-state index is 5.67. The molecule has 0 radical (unpaired) electrons. The summed E-state index contributed by atoms with van der Waals surface area (Å²) < 4.78 is 5.53. The number of nitrogens with zero attached hydrogens (tertiary/aromatic N) is 3. The quantitative estimate of drug-likeness (QED) is 0.875. The first-order chi connectivity index (χ1) is 9.74. The number of hydrogen-bond acceptors (Lipinski definition) is 5. The van der Waals surface area contributed by atoms with E-state index in [1.165, 1.54) is 0 Å². The maximum absolute atomic E-state index is 5.67. The Labute approximate surface area is 119 Å². The van der Waals surface area contributed by atoms with Crippen LogP contribution in [0.1, 0.15) is 18.9 Å². The summed E-state index contributed by atoms with van der Waals surface area (Å²) in [5, 5.41) is 0. The molecule has 0 aliphatic rings. The highest BCUT2D eigenvalue weighted by atomic mass is 16.5. The van der Waals surface area contributed by atoms with Gasteiger partial charge in [0, 0.05) is 31.5 Å². The van der Waals surface area contributed by atoms with Gasteiger partial charge in [-0.25, -0.2) is 4.98 Å². The van der Waals surface area contributed by atoms with Gasteiger partial charge in [-0.1, -0.05) is 19.1 Å². The highest BCUT2D eigenvalue weighted by Crippen LogP contribution is 2.22. The van der Waals surface area contributed by atoms with Crippen molar-refractivity contribution in [1.82, 2.24) is 9.97 Å². The van der Waals surface area contributed by atoms with Crippen LogP contribution in [0.25, 0.3) is 0 Å². The van der Waals surface area contributed by atoms with Gasteiger partial charge in [-0.15, -0.1) is 0 Å². The third-order valence-electron chi connectivity index (χ3n) is 2.90. The fourth-order valence-corrected chi connectivity index (χ4v) is 1.79. The molecule has 0 saturated heterocycles. The molecule has 1 heterocycles. The van der Waals surface area contributed by atoms with Crippen LogP contribution in [-0.4, -0.2) is 23.6 Å². The zero-order chi connectivity index (χ0) is 14.4. The second-order valence-corrected chi connectivity index (χ2v) is 4.48. The normalized spacial score (nSPS) is 10.3. The van der Waals surface area contributed by atoms with Crippen LogP contribution in [0.3, 0.4) is 0 Å². The lowest BCUT2D eigenvalue weighted by Gasteiger charge is -2.18. The molecule has 2 rings (SSSR count). The number of benzene rings is 1. The molecule has 2 aromatic rings. The number of ether oxygens (including phenoxy) is 1. The number of nitrogens with two attached hydrogens (primary N) is 1. The molecular formula is C15H20N4O. The zero-order valence-electron chi connectivity index (χ0n) is 11.9. The fraction of sp³-hybridized carbons (Fsp3) is 0.333. The van der Waals surface area contributed by atoms with E-state index in [0.29, 0.717) is 25.0 Å². The molecule has 0 spiro atoms.